The van der Waals surface area contributed by atoms with Gasteiger partial charge >= 0.3 is 63.3 Å². The second-order valence-electron chi connectivity index (χ2n) is 8.09. The molecule has 0 fully saturated rings. The van der Waals surface area contributed by atoms with Crippen LogP contribution in [0, 0.1) is 0 Å². The van der Waals surface area contributed by atoms with Crippen molar-refractivity contribution < 1.29 is 24.6 Å². The number of carboxylic acid groups (broad SMARTS) is 2. The van der Waals surface area contributed by atoms with Crippen LogP contribution < -0.4 is 5.32 Å². The number of unbranched alkanes of at least 4 members (excludes halogenated alkanes) is 14. The van der Waals surface area contributed by atoms with Crippen molar-refractivity contribution in [1.29, 1.82) is 0 Å². The van der Waals surface area contributed by atoms with E-state index in [-0.39, 0.29) is 70.1 Å². The first kappa shape index (κ1) is 32.2. The number of nitrogens with one attached hydrogen (secondary N) is 1. The van der Waals surface area contributed by atoms with Gasteiger partial charge in [0, 0.05) is 12.8 Å². The number of carbonyl (C=O) groups is 3. The third kappa shape index (κ3) is 22.7. The van der Waals surface area contributed by atoms with Gasteiger partial charge in [-0.25, -0.2) is 4.79 Å². The molecule has 0 spiro atoms. The van der Waals surface area contributed by atoms with Gasteiger partial charge in [0.2, 0.25) is 5.91 Å². The summed E-state index contributed by atoms with van der Waals surface area (Å²) < 4.78 is 0. The van der Waals surface area contributed by atoms with E-state index in [1.807, 2.05) is 0 Å². The molecule has 0 saturated carbocycles. The fourth-order valence-corrected chi connectivity index (χ4v) is 3.45. The molecule has 30 heavy (non-hydrogen) atoms. The molecule has 0 aromatic heterocycles. The first-order chi connectivity index (χ1) is 14.0. The van der Waals surface area contributed by atoms with Crippen molar-refractivity contribution in [3.8, 4) is 0 Å². The maximum absolute atomic E-state index is 11.8. The Kier molecular flexibility index (Phi) is 25.5. The monoisotopic (exact) mass is 453 g/mol. The predicted molar refractivity (Wildman–Crippen MR) is 123 cm³/mol. The van der Waals surface area contributed by atoms with Gasteiger partial charge in [0.1, 0.15) is 6.04 Å². The quantitative estimate of drug-likeness (QED) is 0.167. The van der Waals surface area contributed by atoms with Gasteiger partial charge in [-0.1, -0.05) is 96.8 Å². The fraction of sp³-hybridized carbons (Fsp3) is 0.870. The molecule has 0 aliphatic rings. The van der Waals surface area contributed by atoms with Gasteiger partial charge in [-0.2, -0.15) is 0 Å². The van der Waals surface area contributed by atoms with E-state index in [1.54, 1.807) is 0 Å². The molecule has 0 aliphatic heterocycles. The van der Waals surface area contributed by atoms with Crippen molar-refractivity contribution in [3.63, 3.8) is 0 Å². The van der Waals surface area contributed by atoms with Crippen molar-refractivity contribution in [1.82, 2.24) is 5.32 Å². The van der Waals surface area contributed by atoms with Crippen molar-refractivity contribution in [2.75, 3.05) is 0 Å². The number of carboxylic acids is 2. The molecule has 1 amide bonds. The molecule has 0 rings (SSSR count). The van der Waals surface area contributed by atoms with Crippen molar-refractivity contribution >= 4 is 69.2 Å². The van der Waals surface area contributed by atoms with E-state index < -0.39 is 18.0 Å². The van der Waals surface area contributed by atoms with E-state index in [9.17, 15) is 14.4 Å². The Bertz CT molecular complexity index is 445. The minimum atomic E-state index is -1.18. The zero-order chi connectivity index (χ0) is 21.7. The Morgan fingerprint density at radius 2 is 1.07 bits per heavy atom. The summed E-state index contributed by atoms with van der Waals surface area (Å²) in [6, 6.07) is -1.12. The summed E-state index contributed by atoms with van der Waals surface area (Å²) in [4.78, 5) is 33.4. The number of aliphatic carboxylic acids is 2. The average Bonchev–Trinajstić information content (AvgIpc) is 2.67. The number of carbonyl (C=O) groups excluding carboxylic acids is 1. The van der Waals surface area contributed by atoms with Gasteiger partial charge in [0.25, 0.3) is 0 Å². The van der Waals surface area contributed by atoms with E-state index in [2.05, 4.69) is 12.2 Å². The zero-order valence-corrected chi connectivity index (χ0v) is 18.4. The summed E-state index contributed by atoms with van der Waals surface area (Å²) in [7, 11) is 0. The Labute approximate surface area is 225 Å². The van der Waals surface area contributed by atoms with E-state index in [4.69, 9.17) is 10.2 Å². The number of amides is 1. The second kappa shape index (κ2) is 23.7. The first-order valence-corrected chi connectivity index (χ1v) is 11.7. The van der Waals surface area contributed by atoms with Crippen LogP contribution in [0.25, 0.3) is 0 Å². The molecular formula is C23H44KNO5. The third-order valence-electron chi connectivity index (χ3n) is 5.29. The van der Waals surface area contributed by atoms with Gasteiger partial charge < -0.3 is 15.5 Å². The zero-order valence-electron chi connectivity index (χ0n) is 18.4. The normalized spacial score (nSPS) is 11.5. The van der Waals surface area contributed by atoms with Crippen molar-refractivity contribution in [3.05, 3.63) is 0 Å². The summed E-state index contributed by atoms with van der Waals surface area (Å²) in [5.74, 6) is -2.55. The van der Waals surface area contributed by atoms with Gasteiger partial charge in [-0.05, 0) is 12.8 Å². The topological polar surface area (TPSA) is 104 Å². The summed E-state index contributed by atoms with van der Waals surface area (Å²) in [5.41, 5.74) is 0. The van der Waals surface area contributed by atoms with Crippen molar-refractivity contribution in [2.45, 2.75) is 129 Å². The van der Waals surface area contributed by atoms with Crippen LogP contribution in [-0.2, 0) is 14.4 Å². The molecule has 1 atom stereocenters. The van der Waals surface area contributed by atoms with Gasteiger partial charge in [0.15, 0.2) is 0 Å². The second-order valence-corrected chi connectivity index (χ2v) is 8.09. The SMILES string of the molecule is CCCCCCCCCCCCCCCCCC(=O)N[C@H](CCC(=O)O)C(=O)O.[KH]. The molecule has 0 bridgehead atoms. The summed E-state index contributed by atoms with van der Waals surface area (Å²) in [5, 5.41) is 20.1. The van der Waals surface area contributed by atoms with Crippen LogP contribution in [0.2, 0.25) is 0 Å². The van der Waals surface area contributed by atoms with Crippen LogP contribution in [0.4, 0.5) is 0 Å². The molecule has 0 heterocycles. The maximum atomic E-state index is 11.8. The molecule has 0 aromatic carbocycles. The Balaban J connectivity index is 0. The molecule has 0 aliphatic carbocycles. The van der Waals surface area contributed by atoms with Crippen LogP contribution in [0.3, 0.4) is 0 Å². The molecule has 172 valence electrons. The van der Waals surface area contributed by atoms with Gasteiger partial charge in [-0.15, -0.1) is 0 Å². The molecule has 0 aromatic rings. The number of hydrogen-bond acceptors (Lipinski definition) is 3. The molecule has 6 nitrogen and oxygen atoms in total. The molecule has 7 heteroatoms. The van der Waals surface area contributed by atoms with Gasteiger partial charge in [0.05, 0.1) is 0 Å². The third-order valence-corrected chi connectivity index (χ3v) is 5.29. The molecule has 3 N–H and O–H groups in total. The van der Waals surface area contributed by atoms with E-state index in [1.165, 1.54) is 77.0 Å². The minimum absolute atomic E-state index is 0. The van der Waals surface area contributed by atoms with Crippen LogP contribution in [0.15, 0.2) is 0 Å². The summed E-state index contributed by atoms with van der Waals surface area (Å²) >= 11 is 0. The van der Waals surface area contributed by atoms with Crippen LogP contribution in [-0.4, -0.2) is 85.5 Å². The first-order valence-electron chi connectivity index (χ1n) is 11.7. The van der Waals surface area contributed by atoms with Crippen LogP contribution in [0.5, 0.6) is 0 Å². The molecule has 0 saturated heterocycles. The summed E-state index contributed by atoms with van der Waals surface area (Å²) in [6.07, 6.45) is 18.8. The number of rotatable bonds is 21. The van der Waals surface area contributed by atoms with E-state index in [0.29, 0.717) is 6.42 Å². The average molecular weight is 454 g/mol. The Hall–Kier alpha value is 0.0464. The van der Waals surface area contributed by atoms with Gasteiger partial charge in [-0.3, -0.25) is 9.59 Å². The predicted octanol–water partition coefficient (Wildman–Crippen LogP) is 5.03. The van der Waals surface area contributed by atoms with E-state index in [0.717, 1.165) is 19.3 Å². The molecule has 0 radical (unpaired) electrons. The Morgan fingerprint density at radius 3 is 1.43 bits per heavy atom. The summed E-state index contributed by atoms with van der Waals surface area (Å²) in [6.45, 7) is 2.25. The van der Waals surface area contributed by atoms with Crippen LogP contribution in [0.1, 0.15) is 122 Å². The van der Waals surface area contributed by atoms with Crippen molar-refractivity contribution in [2.24, 2.45) is 0 Å². The molecule has 0 unspecified atom stereocenters. The standard InChI is InChI=1S/C23H43NO5.K.H/c1-2-3-4-5-6-7-8-9-10-11-12-13-14-15-16-17-21(25)24-20(23(28)29)18-19-22(26)27;;/h20H,2-19H2,1H3,(H,24,25)(H,26,27)(H,28,29);;/t20-;;/m1../s1. The Morgan fingerprint density at radius 1 is 0.667 bits per heavy atom. The van der Waals surface area contributed by atoms with E-state index >= 15 is 0 Å². The molecular weight excluding hydrogens is 409 g/mol. The number of hydrogen-bond donors (Lipinski definition) is 3. The van der Waals surface area contributed by atoms with Crippen LogP contribution >= 0.6 is 0 Å². The fourth-order valence-electron chi connectivity index (χ4n) is 3.45.